The molecule has 0 radical (unpaired) electrons. The summed E-state index contributed by atoms with van der Waals surface area (Å²) < 4.78 is 19.7. The fourth-order valence-corrected chi connectivity index (χ4v) is 3.20. The first kappa shape index (κ1) is 22.6. The highest BCUT2D eigenvalue weighted by Crippen LogP contribution is 2.17. The fourth-order valence-electron chi connectivity index (χ4n) is 3.20. The van der Waals surface area contributed by atoms with Crippen LogP contribution in [0.1, 0.15) is 30.3 Å². The van der Waals surface area contributed by atoms with Gasteiger partial charge in [0.05, 0.1) is 17.9 Å². The monoisotopic (exact) mass is 436 g/mol. The second-order valence-electron chi connectivity index (χ2n) is 6.93. The molecule has 2 aromatic carbocycles. The number of benzene rings is 2. The summed E-state index contributed by atoms with van der Waals surface area (Å²) >= 11 is 0. The fraction of sp³-hybridized carbons (Fsp3) is 0.261. The highest BCUT2D eigenvalue weighted by Gasteiger charge is 2.21. The molecule has 1 aromatic heterocycles. The topological polar surface area (TPSA) is 105 Å². The van der Waals surface area contributed by atoms with Crippen LogP contribution in [0.5, 0.6) is 0 Å². The molecule has 1 heterocycles. The molecule has 3 aromatic rings. The Morgan fingerprint density at radius 3 is 2.50 bits per heavy atom. The number of aryl methyl sites for hydroxylation is 1. The highest BCUT2D eigenvalue weighted by molar-refractivity contribution is 6.03. The average molecular weight is 436 g/mol. The summed E-state index contributed by atoms with van der Waals surface area (Å²) in [6.07, 6.45) is 0.689. The van der Waals surface area contributed by atoms with Gasteiger partial charge in [-0.05, 0) is 36.8 Å². The van der Waals surface area contributed by atoms with Gasteiger partial charge in [-0.25, -0.2) is 13.9 Å². The molecule has 0 aliphatic heterocycles. The van der Waals surface area contributed by atoms with Crippen molar-refractivity contribution >= 4 is 28.3 Å². The normalized spacial score (nSPS) is 10.5. The minimum Gasteiger partial charge on any atom is -0.451 e. The van der Waals surface area contributed by atoms with Crippen LogP contribution in [0.15, 0.2) is 53.3 Å². The van der Waals surface area contributed by atoms with Gasteiger partial charge in [-0.15, -0.1) is 0 Å². The molecule has 0 atom stereocenters. The first-order valence-electron chi connectivity index (χ1n) is 10.1. The predicted octanol–water partition coefficient (Wildman–Crippen LogP) is 3.05. The summed E-state index contributed by atoms with van der Waals surface area (Å²) in [5.41, 5.74) is 0.00337. The number of carbonyl (C=O) groups excluding carboxylic acids is 2. The van der Waals surface area contributed by atoms with E-state index < -0.39 is 24.3 Å². The Hall–Kier alpha value is -4.06. The van der Waals surface area contributed by atoms with Crippen molar-refractivity contribution in [3.63, 3.8) is 0 Å². The van der Waals surface area contributed by atoms with Gasteiger partial charge in [0.2, 0.25) is 0 Å². The van der Waals surface area contributed by atoms with Gasteiger partial charge in [-0.1, -0.05) is 25.1 Å². The lowest BCUT2D eigenvalue weighted by atomic mass is 10.1. The van der Waals surface area contributed by atoms with Crippen molar-refractivity contribution < 1.29 is 18.7 Å². The van der Waals surface area contributed by atoms with Crippen LogP contribution in [0.2, 0.25) is 0 Å². The summed E-state index contributed by atoms with van der Waals surface area (Å²) in [6, 6.07) is 13.7. The Labute approximate surface area is 183 Å². The number of hydrogen-bond donors (Lipinski definition) is 0. The van der Waals surface area contributed by atoms with Crippen LogP contribution >= 0.6 is 0 Å². The Balaban J connectivity index is 1.83. The molecule has 164 valence electrons. The van der Waals surface area contributed by atoms with Gasteiger partial charge in [0.1, 0.15) is 5.82 Å². The molecule has 1 amide bonds. The van der Waals surface area contributed by atoms with Crippen LogP contribution in [0.3, 0.4) is 0 Å². The van der Waals surface area contributed by atoms with Gasteiger partial charge >= 0.3 is 5.97 Å². The number of nitriles is 1. The van der Waals surface area contributed by atoms with E-state index in [0.29, 0.717) is 29.4 Å². The number of nitrogens with zero attached hydrogens (tertiary/aromatic N) is 4. The molecule has 0 aliphatic rings. The third kappa shape index (κ3) is 4.98. The van der Waals surface area contributed by atoms with Crippen LogP contribution in [0, 0.1) is 17.1 Å². The van der Waals surface area contributed by atoms with E-state index in [9.17, 15) is 18.8 Å². The Kier molecular flexibility index (Phi) is 7.29. The van der Waals surface area contributed by atoms with Crippen LogP contribution < -0.4 is 10.5 Å². The van der Waals surface area contributed by atoms with E-state index in [1.165, 1.54) is 33.8 Å². The zero-order chi connectivity index (χ0) is 23.1. The van der Waals surface area contributed by atoms with Gasteiger partial charge in [-0.2, -0.15) is 10.4 Å². The van der Waals surface area contributed by atoms with Crippen LogP contribution in [0.4, 0.5) is 10.1 Å². The van der Waals surface area contributed by atoms with E-state index in [4.69, 9.17) is 10.00 Å². The highest BCUT2D eigenvalue weighted by atomic mass is 19.1. The Morgan fingerprint density at radius 2 is 1.84 bits per heavy atom. The summed E-state index contributed by atoms with van der Waals surface area (Å²) in [5, 5.41) is 13.7. The quantitative estimate of drug-likeness (QED) is 0.503. The Bertz CT molecular complexity index is 1230. The van der Waals surface area contributed by atoms with E-state index in [0.717, 1.165) is 0 Å². The third-order valence-corrected chi connectivity index (χ3v) is 4.71. The van der Waals surface area contributed by atoms with Gasteiger partial charge in [0.25, 0.3) is 11.5 Å². The standard InChI is InChI=1S/C23H21FN4O4/c1-2-13-28-22(30)19-7-4-3-6-18(19)21(26-28)23(31)32-15-20(29)27(14-5-12-25)17-10-8-16(24)9-11-17/h3-4,6-11H,2,5,13-15H2,1H3. The molecule has 0 saturated heterocycles. The van der Waals surface area contributed by atoms with Crippen LogP contribution in [-0.4, -0.2) is 34.8 Å². The zero-order valence-corrected chi connectivity index (χ0v) is 17.5. The lowest BCUT2D eigenvalue weighted by molar-refractivity contribution is -0.121. The molecular formula is C23H21FN4O4. The van der Waals surface area contributed by atoms with Crippen molar-refractivity contribution in [1.82, 2.24) is 9.78 Å². The zero-order valence-electron chi connectivity index (χ0n) is 17.5. The van der Waals surface area contributed by atoms with Crippen molar-refractivity contribution in [1.29, 1.82) is 5.26 Å². The number of rotatable bonds is 8. The summed E-state index contributed by atoms with van der Waals surface area (Å²) in [7, 11) is 0. The smallest absolute Gasteiger partial charge is 0.359 e. The number of ether oxygens (including phenoxy) is 1. The molecule has 0 unspecified atom stereocenters. The van der Waals surface area contributed by atoms with E-state index >= 15 is 0 Å². The van der Waals surface area contributed by atoms with Gasteiger partial charge in [-0.3, -0.25) is 9.59 Å². The molecule has 0 saturated carbocycles. The molecule has 32 heavy (non-hydrogen) atoms. The number of halogens is 1. The maximum Gasteiger partial charge on any atom is 0.359 e. The van der Waals surface area contributed by atoms with Gasteiger partial charge in [0, 0.05) is 24.2 Å². The van der Waals surface area contributed by atoms with Crippen LogP contribution in [-0.2, 0) is 16.1 Å². The van der Waals surface area contributed by atoms with Crippen molar-refractivity contribution in [2.24, 2.45) is 0 Å². The number of fused-ring (bicyclic) bond motifs is 1. The molecule has 0 spiro atoms. The minimum absolute atomic E-state index is 0.0469. The number of hydrogen-bond acceptors (Lipinski definition) is 6. The molecule has 0 fully saturated rings. The first-order valence-corrected chi connectivity index (χ1v) is 10.1. The predicted molar refractivity (Wildman–Crippen MR) is 116 cm³/mol. The molecule has 0 bridgehead atoms. The van der Waals surface area contributed by atoms with Crippen molar-refractivity contribution in [3.05, 3.63) is 70.4 Å². The number of amides is 1. The van der Waals surface area contributed by atoms with Gasteiger partial charge in [0.15, 0.2) is 12.3 Å². The molecule has 0 N–H and O–H groups in total. The van der Waals surface area contributed by atoms with Crippen molar-refractivity contribution in [3.8, 4) is 6.07 Å². The van der Waals surface area contributed by atoms with Crippen molar-refractivity contribution in [2.45, 2.75) is 26.3 Å². The van der Waals surface area contributed by atoms with Gasteiger partial charge < -0.3 is 9.64 Å². The Morgan fingerprint density at radius 1 is 1.16 bits per heavy atom. The van der Waals surface area contributed by atoms with E-state index in [-0.39, 0.29) is 24.2 Å². The van der Waals surface area contributed by atoms with Crippen molar-refractivity contribution in [2.75, 3.05) is 18.1 Å². The lowest BCUT2D eigenvalue weighted by Crippen LogP contribution is -2.36. The van der Waals surface area contributed by atoms with Crippen LogP contribution in [0.25, 0.3) is 10.8 Å². The largest absolute Gasteiger partial charge is 0.451 e. The summed E-state index contributed by atoms with van der Waals surface area (Å²) in [6.45, 7) is 1.66. The molecule has 8 nitrogen and oxygen atoms in total. The number of aromatic nitrogens is 2. The number of carbonyl (C=O) groups is 2. The average Bonchev–Trinajstić information content (AvgIpc) is 2.80. The second kappa shape index (κ2) is 10.3. The molecule has 9 heteroatoms. The summed E-state index contributed by atoms with van der Waals surface area (Å²) in [4.78, 5) is 39.3. The van der Waals surface area contributed by atoms with E-state index in [1.807, 2.05) is 13.0 Å². The number of esters is 1. The molecular weight excluding hydrogens is 415 g/mol. The molecule has 3 rings (SSSR count). The third-order valence-electron chi connectivity index (χ3n) is 4.71. The second-order valence-corrected chi connectivity index (χ2v) is 6.93. The SMILES string of the molecule is CCCn1nc(C(=O)OCC(=O)N(CCC#N)c2ccc(F)cc2)c2ccccc2c1=O. The van der Waals surface area contributed by atoms with E-state index in [2.05, 4.69) is 5.10 Å². The minimum atomic E-state index is -0.848. The first-order chi connectivity index (χ1) is 15.5. The molecule has 0 aliphatic carbocycles. The maximum absolute atomic E-state index is 13.2. The lowest BCUT2D eigenvalue weighted by Gasteiger charge is -2.21. The van der Waals surface area contributed by atoms with E-state index in [1.54, 1.807) is 24.3 Å². The maximum atomic E-state index is 13.2. The summed E-state index contributed by atoms with van der Waals surface area (Å²) in [5.74, 6) is -1.89. The number of anilines is 1.